The summed E-state index contributed by atoms with van der Waals surface area (Å²) in [5.41, 5.74) is 6.20. The molecule has 1 unspecified atom stereocenters. The Kier molecular flexibility index (Phi) is 3.80. The smallest absolute Gasteiger partial charge is 0.344 e. The Balaban J connectivity index is 1.76. The minimum Gasteiger partial charge on any atom is -0.462 e. The van der Waals surface area contributed by atoms with Crippen molar-refractivity contribution in [2.45, 2.75) is 25.8 Å². The van der Waals surface area contributed by atoms with Gasteiger partial charge in [-0.2, -0.15) is 4.37 Å². The molecule has 7 heteroatoms. The third-order valence-corrected chi connectivity index (χ3v) is 4.96. The molecule has 1 aromatic rings. The molecule has 0 radical (unpaired) electrons. The summed E-state index contributed by atoms with van der Waals surface area (Å²) in [6.45, 7) is 5.54. The van der Waals surface area contributed by atoms with E-state index in [-0.39, 0.29) is 11.8 Å². The largest absolute Gasteiger partial charge is 0.462 e. The maximum Gasteiger partial charge on any atom is 0.344 e. The number of hydrogen-bond acceptors (Lipinski definition) is 7. The molecule has 0 saturated carbocycles. The number of nitrogens with two attached hydrogens (primary N) is 1. The normalized spacial score (nSPS) is 28.4. The molecule has 3 aliphatic rings. The van der Waals surface area contributed by atoms with E-state index >= 15 is 0 Å². The molecule has 0 spiro atoms. The standard InChI is InChI=1S/C13H20N4O2S/c1-2-19-13(18)10-11(14)16-20-12(10)15-9-7-17-5-3-8(9)4-6-17/h8-9,15H,2-7H2,1H3,(H2,14,16). The fourth-order valence-electron chi connectivity index (χ4n) is 3.10. The van der Waals surface area contributed by atoms with Gasteiger partial charge in [-0.25, -0.2) is 4.79 Å². The van der Waals surface area contributed by atoms with Gasteiger partial charge in [0.2, 0.25) is 0 Å². The number of rotatable bonds is 4. The van der Waals surface area contributed by atoms with E-state index in [2.05, 4.69) is 14.6 Å². The average molecular weight is 296 g/mol. The predicted octanol–water partition coefficient (Wildman–Crippen LogP) is 1.41. The van der Waals surface area contributed by atoms with Gasteiger partial charge in [0.15, 0.2) is 5.82 Å². The number of piperidine rings is 3. The van der Waals surface area contributed by atoms with Crippen LogP contribution in [0.2, 0.25) is 0 Å². The highest BCUT2D eigenvalue weighted by molar-refractivity contribution is 7.11. The summed E-state index contributed by atoms with van der Waals surface area (Å²) in [6.07, 6.45) is 2.45. The van der Waals surface area contributed by atoms with E-state index in [1.54, 1.807) is 6.92 Å². The first-order valence-corrected chi connectivity index (χ1v) is 7.87. The van der Waals surface area contributed by atoms with Crippen LogP contribution < -0.4 is 11.1 Å². The average Bonchev–Trinajstić information content (AvgIpc) is 2.81. The number of carbonyl (C=O) groups is 1. The lowest BCUT2D eigenvalue weighted by Crippen LogP contribution is -2.53. The van der Waals surface area contributed by atoms with Crippen LogP contribution in [0, 0.1) is 5.92 Å². The van der Waals surface area contributed by atoms with Gasteiger partial charge in [0.1, 0.15) is 10.6 Å². The number of nitrogens with zero attached hydrogens (tertiary/aromatic N) is 2. The summed E-state index contributed by atoms with van der Waals surface area (Å²) in [4.78, 5) is 14.4. The molecule has 3 aliphatic heterocycles. The maximum absolute atomic E-state index is 12.0. The summed E-state index contributed by atoms with van der Waals surface area (Å²) in [5, 5.41) is 4.22. The Bertz CT molecular complexity index is 497. The monoisotopic (exact) mass is 296 g/mol. The highest BCUT2D eigenvalue weighted by atomic mass is 32.1. The van der Waals surface area contributed by atoms with Crippen LogP contribution in [0.25, 0.3) is 0 Å². The molecule has 1 aromatic heterocycles. The van der Waals surface area contributed by atoms with Crippen LogP contribution in [-0.4, -0.2) is 47.5 Å². The second kappa shape index (κ2) is 5.57. The molecule has 20 heavy (non-hydrogen) atoms. The minimum atomic E-state index is -0.387. The highest BCUT2D eigenvalue weighted by Crippen LogP contribution is 2.34. The van der Waals surface area contributed by atoms with Gasteiger partial charge in [-0.1, -0.05) is 0 Å². The van der Waals surface area contributed by atoms with Crippen molar-refractivity contribution < 1.29 is 9.53 Å². The second-order valence-corrected chi connectivity index (χ2v) is 6.15. The Morgan fingerprint density at radius 3 is 2.90 bits per heavy atom. The number of carbonyl (C=O) groups excluding carboxylic acids is 1. The van der Waals surface area contributed by atoms with Crippen LogP contribution in [-0.2, 0) is 4.74 Å². The maximum atomic E-state index is 12.0. The first-order chi connectivity index (χ1) is 9.69. The molecule has 110 valence electrons. The van der Waals surface area contributed by atoms with E-state index in [9.17, 15) is 4.79 Å². The van der Waals surface area contributed by atoms with Crippen molar-refractivity contribution >= 4 is 28.3 Å². The number of nitrogens with one attached hydrogen (secondary N) is 1. The number of ether oxygens (including phenoxy) is 1. The van der Waals surface area contributed by atoms with Gasteiger partial charge in [0.05, 0.1) is 6.61 Å². The Morgan fingerprint density at radius 1 is 1.55 bits per heavy atom. The summed E-state index contributed by atoms with van der Waals surface area (Å²) in [7, 11) is 0. The Labute approximate surface area is 122 Å². The third kappa shape index (κ3) is 2.47. The molecule has 0 amide bonds. The van der Waals surface area contributed by atoms with Gasteiger partial charge < -0.3 is 20.7 Å². The lowest BCUT2D eigenvalue weighted by atomic mass is 9.84. The van der Waals surface area contributed by atoms with Gasteiger partial charge in [0.25, 0.3) is 0 Å². The molecular weight excluding hydrogens is 276 g/mol. The summed E-state index contributed by atoms with van der Waals surface area (Å²) >= 11 is 1.25. The van der Waals surface area contributed by atoms with E-state index in [4.69, 9.17) is 10.5 Å². The number of fused-ring (bicyclic) bond motifs is 3. The summed E-state index contributed by atoms with van der Waals surface area (Å²) in [6, 6.07) is 0.380. The number of nitrogen functional groups attached to an aromatic ring is 1. The molecule has 0 aliphatic carbocycles. The minimum absolute atomic E-state index is 0.261. The quantitative estimate of drug-likeness (QED) is 0.818. The fraction of sp³-hybridized carbons (Fsp3) is 0.692. The van der Waals surface area contributed by atoms with Crippen molar-refractivity contribution in [3.8, 4) is 0 Å². The molecule has 2 bridgehead atoms. The zero-order chi connectivity index (χ0) is 14.1. The Morgan fingerprint density at radius 2 is 2.30 bits per heavy atom. The summed E-state index contributed by atoms with van der Waals surface area (Å²) in [5.74, 6) is 0.554. The van der Waals surface area contributed by atoms with E-state index in [1.807, 2.05) is 0 Å². The number of aromatic nitrogens is 1. The molecule has 1 atom stereocenters. The molecule has 3 fully saturated rings. The predicted molar refractivity (Wildman–Crippen MR) is 79.1 cm³/mol. The molecule has 3 saturated heterocycles. The molecule has 4 heterocycles. The summed E-state index contributed by atoms with van der Waals surface area (Å²) < 4.78 is 9.15. The van der Waals surface area contributed by atoms with Crippen molar-refractivity contribution in [1.82, 2.24) is 9.27 Å². The molecule has 3 N–H and O–H groups in total. The van der Waals surface area contributed by atoms with Crippen molar-refractivity contribution in [3.05, 3.63) is 5.56 Å². The number of esters is 1. The van der Waals surface area contributed by atoms with Crippen LogP contribution in [0.3, 0.4) is 0 Å². The van der Waals surface area contributed by atoms with Crippen LogP contribution in [0.15, 0.2) is 0 Å². The molecule has 6 nitrogen and oxygen atoms in total. The topological polar surface area (TPSA) is 80.5 Å². The highest BCUT2D eigenvalue weighted by Gasteiger charge is 2.35. The van der Waals surface area contributed by atoms with Gasteiger partial charge in [-0.15, -0.1) is 0 Å². The van der Waals surface area contributed by atoms with Crippen molar-refractivity contribution in [2.75, 3.05) is 37.3 Å². The van der Waals surface area contributed by atoms with Crippen molar-refractivity contribution in [2.24, 2.45) is 5.92 Å². The number of hydrogen-bond donors (Lipinski definition) is 2. The van der Waals surface area contributed by atoms with Gasteiger partial charge in [-0.05, 0) is 50.3 Å². The van der Waals surface area contributed by atoms with Crippen LogP contribution in [0.1, 0.15) is 30.1 Å². The van der Waals surface area contributed by atoms with Crippen LogP contribution in [0.5, 0.6) is 0 Å². The first kappa shape index (κ1) is 13.6. The van der Waals surface area contributed by atoms with Crippen molar-refractivity contribution in [1.29, 1.82) is 0 Å². The molecule has 4 rings (SSSR count). The lowest BCUT2D eigenvalue weighted by molar-refractivity contribution is 0.0528. The molecular formula is C13H20N4O2S. The second-order valence-electron chi connectivity index (χ2n) is 5.38. The zero-order valence-corrected chi connectivity index (χ0v) is 12.4. The first-order valence-electron chi connectivity index (χ1n) is 7.10. The van der Waals surface area contributed by atoms with Crippen LogP contribution >= 0.6 is 11.5 Å². The van der Waals surface area contributed by atoms with E-state index < -0.39 is 0 Å². The van der Waals surface area contributed by atoms with E-state index in [0.717, 1.165) is 11.5 Å². The van der Waals surface area contributed by atoms with Crippen molar-refractivity contribution in [3.63, 3.8) is 0 Å². The third-order valence-electron chi connectivity index (χ3n) is 4.17. The number of anilines is 2. The van der Waals surface area contributed by atoms with E-state index in [0.29, 0.717) is 24.1 Å². The van der Waals surface area contributed by atoms with Gasteiger partial charge >= 0.3 is 5.97 Å². The van der Waals surface area contributed by atoms with E-state index in [1.165, 1.54) is 37.5 Å². The van der Waals surface area contributed by atoms with Gasteiger partial charge in [0, 0.05) is 12.6 Å². The zero-order valence-electron chi connectivity index (χ0n) is 11.6. The molecule has 0 aromatic carbocycles. The Hall–Kier alpha value is -1.34. The lowest BCUT2D eigenvalue weighted by Gasteiger charge is -2.45. The van der Waals surface area contributed by atoms with Gasteiger partial charge in [-0.3, -0.25) is 0 Å². The SMILES string of the molecule is CCOC(=O)c1c(N)nsc1NC1CN2CCC1CC2. The fourth-order valence-corrected chi connectivity index (χ4v) is 3.86. The van der Waals surface area contributed by atoms with Crippen LogP contribution in [0.4, 0.5) is 10.8 Å².